The Hall–Kier alpha value is -2.47. The zero-order valence-electron chi connectivity index (χ0n) is 10.6. The van der Waals surface area contributed by atoms with Crippen LogP contribution in [0.2, 0.25) is 0 Å². The van der Waals surface area contributed by atoms with Gasteiger partial charge in [-0.2, -0.15) is 0 Å². The summed E-state index contributed by atoms with van der Waals surface area (Å²) in [6.07, 6.45) is 2.22. The van der Waals surface area contributed by atoms with Gasteiger partial charge in [0.25, 0.3) is 0 Å². The Bertz CT molecular complexity index is 560. The quantitative estimate of drug-likeness (QED) is 0.799. The van der Waals surface area contributed by atoms with Crippen LogP contribution in [0, 0.1) is 5.82 Å². The van der Waals surface area contributed by atoms with Crippen LogP contribution in [0.1, 0.15) is 11.7 Å². The molecule has 2 rings (SSSR count). The summed E-state index contributed by atoms with van der Waals surface area (Å²) in [5, 5.41) is 14.9. The number of carbonyl (C=O) groups excluding carboxylic acids is 1. The van der Waals surface area contributed by atoms with Gasteiger partial charge in [0.15, 0.2) is 0 Å². The number of hydrogen-bond acceptors (Lipinski definition) is 3. The molecule has 5 nitrogen and oxygen atoms in total. The topological polar surface area (TPSA) is 74.2 Å². The molecule has 2 aromatic rings. The predicted octanol–water partition coefficient (Wildman–Crippen LogP) is 2.08. The second-order valence-corrected chi connectivity index (χ2v) is 4.14. The molecule has 6 heteroatoms. The van der Waals surface area contributed by atoms with E-state index in [1.807, 2.05) is 0 Å². The van der Waals surface area contributed by atoms with Crippen LogP contribution >= 0.6 is 0 Å². The Kier molecular flexibility index (Phi) is 4.62. The molecule has 0 aliphatic heterocycles. The second kappa shape index (κ2) is 6.63. The number of nitrogens with zero attached hydrogens (tertiary/aromatic N) is 1. The van der Waals surface area contributed by atoms with Crippen molar-refractivity contribution >= 4 is 11.7 Å². The minimum Gasteiger partial charge on any atom is -0.387 e. The molecule has 2 amide bonds. The van der Waals surface area contributed by atoms with Crippen LogP contribution in [-0.4, -0.2) is 22.7 Å². The van der Waals surface area contributed by atoms with Crippen LogP contribution in [0.4, 0.5) is 14.9 Å². The maximum atomic E-state index is 12.7. The molecular formula is C14H14FN3O2. The minimum atomic E-state index is -0.893. The fourth-order valence-corrected chi connectivity index (χ4v) is 1.60. The molecule has 104 valence electrons. The zero-order valence-corrected chi connectivity index (χ0v) is 10.6. The number of nitrogens with one attached hydrogen (secondary N) is 2. The van der Waals surface area contributed by atoms with E-state index >= 15 is 0 Å². The van der Waals surface area contributed by atoms with E-state index in [1.165, 1.54) is 30.5 Å². The van der Waals surface area contributed by atoms with Crippen molar-refractivity contribution in [1.29, 1.82) is 0 Å². The Balaban J connectivity index is 1.82. The van der Waals surface area contributed by atoms with Gasteiger partial charge in [0.2, 0.25) is 0 Å². The lowest BCUT2D eigenvalue weighted by atomic mass is 10.1. The number of hydrogen-bond donors (Lipinski definition) is 3. The van der Waals surface area contributed by atoms with Crippen LogP contribution in [0.25, 0.3) is 0 Å². The third kappa shape index (κ3) is 4.03. The molecule has 0 aliphatic carbocycles. The van der Waals surface area contributed by atoms with Crippen molar-refractivity contribution in [2.75, 3.05) is 11.9 Å². The van der Waals surface area contributed by atoms with Crippen molar-refractivity contribution in [2.45, 2.75) is 6.10 Å². The molecule has 0 spiro atoms. The van der Waals surface area contributed by atoms with Gasteiger partial charge in [0.1, 0.15) is 5.82 Å². The van der Waals surface area contributed by atoms with E-state index in [1.54, 1.807) is 18.3 Å². The molecule has 0 saturated heterocycles. The van der Waals surface area contributed by atoms with Crippen LogP contribution in [-0.2, 0) is 0 Å². The molecule has 1 aromatic carbocycles. The lowest BCUT2D eigenvalue weighted by Gasteiger charge is -2.12. The van der Waals surface area contributed by atoms with Crippen LogP contribution in [0.3, 0.4) is 0 Å². The summed E-state index contributed by atoms with van der Waals surface area (Å²) < 4.78 is 12.7. The Labute approximate surface area is 115 Å². The molecule has 3 N–H and O–H groups in total. The Morgan fingerprint density at radius 2 is 2.05 bits per heavy atom. The molecule has 0 fully saturated rings. The van der Waals surface area contributed by atoms with E-state index in [-0.39, 0.29) is 12.4 Å². The van der Waals surface area contributed by atoms with Gasteiger partial charge in [-0.3, -0.25) is 4.98 Å². The minimum absolute atomic E-state index is 0.0255. The largest absolute Gasteiger partial charge is 0.387 e. The third-order valence-corrected chi connectivity index (χ3v) is 2.63. The average Bonchev–Trinajstić information content (AvgIpc) is 2.46. The number of aliphatic hydroxyl groups is 1. The van der Waals surface area contributed by atoms with Crippen LogP contribution in [0.5, 0.6) is 0 Å². The van der Waals surface area contributed by atoms with Gasteiger partial charge < -0.3 is 15.7 Å². The molecule has 0 radical (unpaired) electrons. The summed E-state index contributed by atoms with van der Waals surface area (Å²) >= 11 is 0. The SMILES string of the molecule is O=C(NCC(O)c1ccc(F)cc1)Nc1cccnc1. The first-order chi connectivity index (χ1) is 9.65. The summed E-state index contributed by atoms with van der Waals surface area (Å²) in [6.45, 7) is 0.0255. The fourth-order valence-electron chi connectivity index (χ4n) is 1.60. The van der Waals surface area contributed by atoms with Gasteiger partial charge in [-0.15, -0.1) is 0 Å². The number of halogens is 1. The van der Waals surface area contributed by atoms with Crippen molar-refractivity contribution in [2.24, 2.45) is 0 Å². The number of aliphatic hydroxyl groups excluding tert-OH is 1. The molecule has 1 atom stereocenters. The van der Waals surface area contributed by atoms with Gasteiger partial charge in [0, 0.05) is 12.7 Å². The number of urea groups is 1. The van der Waals surface area contributed by atoms with E-state index in [0.29, 0.717) is 11.3 Å². The Morgan fingerprint density at radius 1 is 1.30 bits per heavy atom. The van der Waals surface area contributed by atoms with E-state index in [0.717, 1.165) is 0 Å². The molecule has 1 heterocycles. The summed E-state index contributed by atoms with van der Waals surface area (Å²) in [7, 11) is 0. The molecule has 0 bridgehead atoms. The molecule has 20 heavy (non-hydrogen) atoms. The smallest absolute Gasteiger partial charge is 0.319 e. The molecule has 0 aliphatic rings. The number of carbonyl (C=O) groups is 1. The van der Waals surface area contributed by atoms with Crippen molar-refractivity contribution in [3.8, 4) is 0 Å². The first kappa shape index (κ1) is 14.0. The number of rotatable bonds is 4. The highest BCUT2D eigenvalue weighted by Crippen LogP contribution is 2.12. The standard InChI is InChI=1S/C14H14FN3O2/c15-11-5-3-10(4-6-11)13(19)9-17-14(20)18-12-2-1-7-16-8-12/h1-8,13,19H,9H2,(H2,17,18,20). The third-order valence-electron chi connectivity index (χ3n) is 2.63. The molecule has 1 aromatic heterocycles. The maximum absolute atomic E-state index is 12.7. The average molecular weight is 275 g/mol. The van der Waals surface area contributed by atoms with Crippen molar-refractivity contribution in [3.05, 3.63) is 60.2 Å². The first-order valence-electron chi connectivity index (χ1n) is 6.03. The number of benzene rings is 1. The van der Waals surface area contributed by atoms with Gasteiger partial charge in [-0.05, 0) is 29.8 Å². The summed E-state index contributed by atoms with van der Waals surface area (Å²) in [5.74, 6) is -0.372. The normalized spacial score (nSPS) is 11.7. The molecule has 1 unspecified atom stereocenters. The predicted molar refractivity (Wildman–Crippen MR) is 72.6 cm³/mol. The summed E-state index contributed by atoms with van der Waals surface area (Å²) in [6, 6.07) is 8.41. The maximum Gasteiger partial charge on any atom is 0.319 e. The lowest BCUT2D eigenvalue weighted by Crippen LogP contribution is -2.32. The zero-order chi connectivity index (χ0) is 14.4. The van der Waals surface area contributed by atoms with Gasteiger partial charge >= 0.3 is 6.03 Å². The van der Waals surface area contributed by atoms with Gasteiger partial charge in [-0.1, -0.05) is 12.1 Å². The first-order valence-corrected chi connectivity index (χ1v) is 6.03. The molecule has 0 saturated carbocycles. The van der Waals surface area contributed by atoms with Gasteiger partial charge in [0.05, 0.1) is 18.0 Å². The van der Waals surface area contributed by atoms with Crippen LogP contribution < -0.4 is 10.6 Å². The second-order valence-electron chi connectivity index (χ2n) is 4.14. The van der Waals surface area contributed by atoms with Crippen molar-refractivity contribution in [3.63, 3.8) is 0 Å². The highest BCUT2D eigenvalue weighted by atomic mass is 19.1. The van der Waals surface area contributed by atoms with E-state index < -0.39 is 12.1 Å². The summed E-state index contributed by atoms with van der Waals surface area (Å²) in [5.41, 5.74) is 1.09. The van der Waals surface area contributed by atoms with E-state index in [2.05, 4.69) is 15.6 Å². The number of aromatic nitrogens is 1. The lowest BCUT2D eigenvalue weighted by molar-refractivity contribution is 0.175. The van der Waals surface area contributed by atoms with Crippen molar-refractivity contribution < 1.29 is 14.3 Å². The number of anilines is 1. The van der Waals surface area contributed by atoms with Gasteiger partial charge in [-0.25, -0.2) is 9.18 Å². The fraction of sp³-hybridized carbons (Fsp3) is 0.143. The van der Waals surface area contributed by atoms with E-state index in [9.17, 15) is 14.3 Å². The van der Waals surface area contributed by atoms with Crippen molar-refractivity contribution in [1.82, 2.24) is 10.3 Å². The van der Waals surface area contributed by atoms with E-state index in [4.69, 9.17) is 0 Å². The highest BCUT2D eigenvalue weighted by molar-refractivity contribution is 5.88. The van der Waals surface area contributed by atoms with Crippen LogP contribution in [0.15, 0.2) is 48.8 Å². The monoisotopic (exact) mass is 275 g/mol. The molecular weight excluding hydrogens is 261 g/mol. The number of pyridine rings is 1. The number of amides is 2. The Morgan fingerprint density at radius 3 is 2.70 bits per heavy atom. The highest BCUT2D eigenvalue weighted by Gasteiger charge is 2.09. The summed E-state index contributed by atoms with van der Waals surface area (Å²) in [4.78, 5) is 15.4.